The fraction of sp³-hybridized carbons (Fsp3) is 0.333. The van der Waals surface area contributed by atoms with Crippen LogP contribution in [-0.4, -0.2) is 0 Å². The van der Waals surface area contributed by atoms with Crippen LogP contribution in [0.2, 0.25) is 0 Å². The predicted molar refractivity (Wildman–Crippen MR) is 183 cm³/mol. The van der Waals surface area contributed by atoms with Crippen LogP contribution in [0, 0.1) is 11.3 Å². The Kier molecular flexibility index (Phi) is 7.61. The third-order valence-corrected chi connectivity index (χ3v) is 9.80. The largest absolute Gasteiger partial charge is 0.0627 e. The van der Waals surface area contributed by atoms with Crippen LogP contribution in [0.3, 0.4) is 0 Å². The topological polar surface area (TPSA) is 0 Å². The molecule has 0 heterocycles. The second-order valence-electron chi connectivity index (χ2n) is 13.9. The van der Waals surface area contributed by atoms with Crippen molar-refractivity contribution in [3.05, 3.63) is 129 Å². The van der Waals surface area contributed by atoms with Crippen molar-refractivity contribution in [2.75, 3.05) is 0 Å². The Balaban J connectivity index is 1.39. The maximum absolute atomic E-state index is 2.55. The van der Waals surface area contributed by atoms with Crippen LogP contribution >= 0.6 is 0 Å². The number of rotatable bonds is 8. The van der Waals surface area contributed by atoms with Gasteiger partial charge in [0.05, 0.1) is 0 Å². The van der Waals surface area contributed by atoms with Gasteiger partial charge < -0.3 is 0 Å². The van der Waals surface area contributed by atoms with Gasteiger partial charge in [-0.2, -0.15) is 0 Å². The number of hydrogen-bond acceptors (Lipinski definition) is 0. The molecule has 0 N–H and O–H groups in total. The molecule has 6 rings (SSSR count). The van der Waals surface area contributed by atoms with E-state index in [0.717, 1.165) is 19.3 Å². The molecule has 0 saturated carbocycles. The molecule has 0 spiro atoms. The molecule has 42 heavy (non-hydrogen) atoms. The summed E-state index contributed by atoms with van der Waals surface area (Å²) in [6, 6.07) is 32.3. The molecule has 4 aromatic rings. The van der Waals surface area contributed by atoms with Gasteiger partial charge in [-0.05, 0) is 92.7 Å². The van der Waals surface area contributed by atoms with Gasteiger partial charge >= 0.3 is 0 Å². The first-order valence-electron chi connectivity index (χ1n) is 16.0. The Labute approximate surface area is 254 Å². The third-order valence-electron chi connectivity index (χ3n) is 9.80. The van der Waals surface area contributed by atoms with Crippen LogP contribution in [0.25, 0.3) is 34.4 Å². The molecule has 214 valence electrons. The Morgan fingerprint density at radius 2 is 0.952 bits per heavy atom. The third kappa shape index (κ3) is 5.22. The molecule has 0 saturated heterocycles. The number of fused-ring (bicyclic) bond motifs is 2. The van der Waals surface area contributed by atoms with Crippen LogP contribution in [0.1, 0.15) is 100 Å². The molecule has 4 aromatic carbocycles. The SMILES string of the molecule is CC(C)CC(C)(C1=Cc2c(cccc2-c2ccc(C(C)C)cc2)C1)C1=Cc2c(cccc2-c2ccc(C(C)C)cc2)C1. The fourth-order valence-electron chi connectivity index (χ4n) is 7.33. The van der Waals surface area contributed by atoms with Crippen molar-refractivity contribution in [3.8, 4) is 22.3 Å². The zero-order chi connectivity index (χ0) is 29.6. The van der Waals surface area contributed by atoms with Crippen molar-refractivity contribution in [2.45, 2.75) is 79.6 Å². The van der Waals surface area contributed by atoms with Crippen molar-refractivity contribution in [1.82, 2.24) is 0 Å². The minimum Gasteiger partial charge on any atom is -0.0627 e. The highest BCUT2D eigenvalue weighted by Gasteiger charge is 2.38. The average Bonchev–Trinajstić information content (AvgIpc) is 3.62. The van der Waals surface area contributed by atoms with E-state index in [-0.39, 0.29) is 5.41 Å². The van der Waals surface area contributed by atoms with E-state index in [1.165, 1.54) is 55.6 Å². The fourth-order valence-corrected chi connectivity index (χ4v) is 7.33. The Morgan fingerprint density at radius 1 is 0.548 bits per heavy atom. The number of benzene rings is 4. The van der Waals surface area contributed by atoms with Crippen molar-refractivity contribution >= 4 is 12.2 Å². The molecule has 0 fully saturated rings. The first-order valence-corrected chi connectivity index (χ1v) is 16.0. The van der Waals surface area contributed by atoms with Crippen LogP contribution in [-0.2, 0) is 12.8 Å². The van der Waals surface area contributed by atoms with Gasteiger partial charge in [-0.15, -0.1) is 0 Å². The van der Waals surface area contributed by atoms with Crippen LogP contribution in [0.4, 0.5) is 0 Å². The second-order valence-corrected chi connectivity index (χ2v) is 13.9. The van der Waals surface area contributed by atoms with E-state index in [4.69, 9.17) is 0 Å². The van der Waals surface area contributed by atoms with Crippen molar-refractivity contribution in [2.24, 2.45) is 11.3 Å². The molecular weight excluding hydrogens is 504 g/mol. The Hall–Kier alpha value is -3.64. The summed E-state index contributed by atoms with van der Waals surface area (Å²) in [5.41, 5.74) is 17.1. The van der Waals surface area contributed by atoms with E-state index in [2.05, 4.69) is 146 Å². The zero-order valence-electron chi connectivity index (χ0n) is 26.6. The Bertz CT molecular complexity index is 1530. The van der Waals surface area contributed by atoms with E-state index in [0.29, 0.717) is 17.8 Å². The normalized spacial score (nSPS) is 14.4. The molecule has 0 nitrogen and oxygen atoms in total. The number of allylic oxidation sites excluding steroid dienone is 2. The van der Waals surface area contributed by atoms with Crippen molar-refractivity contribution < 1.29 is 0 Å². The molecule has 0 unspecified atom stereocenters. The highest BCUT2D eigenvalue weighted by molar-refractivity contribution is 5.84. The summed E-state index contributed by atoms with van der Waals surface area (Å²) in [5, 5.41) is 0. The lowest BCUT2D eigenvalue weighted by Gasteiger charge is -2.35. The van der Waals surface area contributed by atoms with Gasteiger partial charge in [-0.3, -0.25) is 0 Å². The molecular formula is C42H46. The smallest absolute Gasteiger partial charge is 0.0108 e. The van der Waals surface area contributed by atoms with E-state index in [1.54, 1.807) is 11.1 Å². The monoisotopic (exact) mass is 550 g/mol. The molecule has 0 atom stereocenters. The lowest BCUT2D eigenvalue weighted by atomic mass is 9.69. The molecule has 0 radical (unpaired) electrons. The van der Waals surface area contributed by atoms with E-state index < -0.39 is 0 Å². The van der Waals surface area contributed by atoms with E-state index in [1.807, 2.05) is 0 Å². The molecule has 0 aliphatic heterocycles. The summed E-state index contributed by atoms with van der Waals surface area (Å²) in [5.74, 6) is 1.70. The molecule has 0 amide bonds. The van der Waals surface area contributed by atoms with Gasteiger partial charge in [0.15, 0.2) is 0 Å². The van der Waals surface area contributed by atoms with Gasteiger partial charge in [0.25, 0.3) is 0 Å². The highest BCUT2D eigenvalue weighted by Crippen LogP contribution is 2.51. The summed E-state index contributed by atoms with van der Waals surface area (Å²) in [4.78, 5) is 0. The lowest BCUT2D eigenvalue weighted by molar-refractivity contribution is 0.363. The zero-order valence-corrected chi connectivity index (χ0v) is 26.6. The van der Waals surface area contributed by atoms with Crippen molar-refractivity contribution in [1.29, 1.82) is 0 Å². The lowest BCUT2D eigenvalue weighted by Crippen LogP contribution is -2.25. The average molecular weight is 551 g/mol. The minimum absolute atomic E-state index is 0.0176. The highest BCUT2D eigenvalue weighted by atomic mass is 14.4. The van der Waals surface area contributed by atoms with Gasteiger partial charge in [0.1, 0.15) is 0 Å². The van der Waals surface area contributed by atoms with E-state index in [9.17, 15) is 0 Å². The first kappa shape index (κ1) is 28.5. The van der Waals surface area contributed by atoms with E-state index >= 15 is 0 Å². The first-order chi connectivity index (χ1) is 20.1. The standard InChI is InChI=1S/C42H46/c1-27(2)26-42(7,36-22-34-10-8-12-38(40(34)24-36)32-18-14-30(15-19-32)28(3)4)37-23-35-11-9-13-39(41(35)25-37)33-20-16-31(17-21-33)29(5)6/h8-21,24-25,27-29H,22-23,26H2,1-7H3. The summed E-state index contributed by atoms with van der Waals surface area (Å²) in [6.45, 7) is 16.3. The van der Waals surface area contributed by atoms with Crippen LogP contribution < -0.4 is 0 Å². The van der Waals surface area contributed by atoms with Gasteiger partial charge in [-0.25, -0.2) is 0 Å². The molecule has 2 aliphatic carbocycles. The molecule has 0 heteroatoms. The Morgan fingerprint density at radius 3 is 1.31 bits per heavy atom. The number of hydrogen-bond donors (Lipinski definition) is 0. The maximum atomic E-state index is 2.55. The van der Waals surface area contributed by atoms with Crippen LogP contribution in [0.15, 0.2) is 96.1 Å². The molecule has 0 aromatic heterocycles. The molecule has 2 aliphatic rings. The minimum atomic E-state index is 0.0176. The summed E-state index contributed by atoms with van der Waals surface area (Å²) in [7, 11) is 0. The van der Waals surface area contributed by atoms with Gasteiger partial charge in [0, 0.05) is 5.41 Å². The summed E-state index contributed by atoms with van der Waals surface area (Å²) >= 11 is 0. The summed E-state index contributed by atoms with van der Waals surface area (Å²) < 4.78 is 0. The van der Waals surface area contributed by atoms with Gasteiger partial charge in [0.2, 0.25) is 0 Å². The summed E-state index contributed by atoms with van der Waals surface area (Å²) in [6.07, 6.45) is 8.34. The maximum Gasteiger partial charge on any atom is 0.0108 e. The van der Waals surface area contributed by atoms with Gasteiger partial charge in [-0.1, -0.05) is 157 Å². The van der Waals surface area contributed by atoms with Crippen LogP contribution in [0.5, 0.6) is 0 Å². The molecule has 0 bridgehead atoms. The predicted octanol–water partition coefficient (Wildman–Crippen LogP) is 11.9. The quantitative estimate of drug-likeness (QED) is 0.205. The van der Waals surface area contributed by atoms with Crippen molar-refractivity contribution in [3.63, 3.8) is 0 Å². The second kappa shape index (κ2) is 11.2.